The highest BCUT2D eigenvalue weighted by atomic mass is 32.2. The molecular formula is C15H20N2O4S2. The van der Waals surface area contributed by atoms with Crippen molar-refractivity contribution in [2.45, 2.75) is 36.7 Å². The summed E-state index contributed by atoms with van der Waals surface area (Å²) in [4.78, 5) is 4.60. The van der Waals surface area contributed by atoms with Gasteiger partial charge in [-0.05, 0) is 44.4 Å². The third kappa shape index (κ3) is 3.27. The van der Waals surface area contributed by atoms with E-state index in [-0.39, 0.29) is 24.5 Å². The van der Waals surface area contributed by atoms with E-state index in [9.17, 15) is 18.6 Å². The van der Waals surface area contributed by atoms with Crippen LogP contribution in [0.3, 0.4) is 0 Å². The second-order valence-electron chi connectivity index (χ2n) is 6.00. The number of aliphatic hydroxyl groups is 2. The van der Waals surface area contributed by atoms with Crippen LogP contribution in [0.1, 0.15) is 24.3 Å². The molecule has 0 amide bonds. The number of aryl methyl sites for hydroxylation is 1. The number of nitrogens with zero attached hydrogens (tertiary/aromatic N) is 2. The van der Waals surface area contributed by atoms with E-state index >= 15 is 0 Å². The molecule has 1 saturated heterocycles. The Labute approximate surface area is 139 Å². The summed E-state index contributed by atoms with van der Waals surface area (Å²) in [7, 11) is -3.61. The van der Waals surface area contributed by atoms with Crippen molar-refractivity contribution in [2.24, 2.45) is 0 Å². The minimum absolute atomic E-state index is 0.207. The Morgan fingerprint density at radius 1 is 1.35 bits per heavy atom. The molecule has 2 N–H and O–H groups in total. The van der Waals surface area contributed by atoms with Crippen LogP contribution in [0.15, 0.2) is 23.1 Å². The van der Waals surface area contributed by atoms with Gasteiger partial charge in [0.2, 0.25) is 10.0 Å². The number of hydrogen-bond acceptors (Lipinski definition) is 6. The maximum Gasteiger partial charge on any atom is 0.243 e. The highest BCUT2D eigenvalue weighted by molar-refractivity contribution is 7.89. The van der Waals surface area contributed by atoms with Crippen LogP contribution >= 0.6 is 11.3 Å². The van der Waals surface area contributed by atoms with E-state index < -0.39 is 15.6 Å². The van der Waals surface area contributed by atoms with E-state index in [2.05, 4.69) is 4.98 Å². The number of fused-ring (bicyclic) bond motifs is 1. The zero-order chi connectivity index (χ0) is 16.7. The van der Waals surface area contributed by atoms with Gasteiger partial charge in [0.15, 0.2) is 0 Å². The Hall–Kier alpha value is -1.06. The molecule has 1 aliphatic heterocycles. The zero-order valence-corrected chi connectivity index (χ0v) is 14.5. The molecule has 2 aromatic rings. The predicted octanol–water partition coefficient (Wildman–Crippen LogP) is 1.50. The molecule has 0 spiro atoms. The molecular weight excluding hydrogens is 336 g/mol. The van der Waals surface area contributed by atoms with Crippen LogP contribution in [0.2, 0.25) is 0 Å². The van der Waals surface area contributed by atoms with E-state index in [4.69, 9.17) is 0 Å². The quantitative estimate of drug-likeness (QED) is 0.870. The molecule has 1 unspecified atom stereocenters. The van der Waals surface area contributed by atoms with Crippen molar-refractivity contribution in [1.82, 2.24) is 9.29 Å². The number of benzene rings is 1. The van der Waals surface area contributed by atoms with Crippen molar-refractivity contribution >= 4 is 31.6 Å². The van der Waals surface area contributed by atoms with Gasteiger partial charge < -0.3 is 10.2 Å². The Bertz CT molecular complexity index is 818. The van der Waals surface area contributed by atoms with Crippen molar-refractivity contribution < 1.29 is 18.6 Å². The van der Waals surface area contributed by atoms with Gasteiger partial charge in [0, 0.05) is 13.1 Å². The van der Waals surface area contributed by atoms with Gasteiger partial charge in [0.1, 0.15) is 0 Å². The fraction of sp³-hybridized carbons (Fsp3) is 0.533. The van der Waals surface area contributed by atoms with Crippen molar-refractivity contribution in [1.29, 1.82) is 0 Å². The van der Waals surface area contributed by atoms with Gasteiger partial charge in [-0.15, -0.1) is 11.3 Å². The first-order chi connectivity index (χ1) is 10.8. The van der Waals surface area contributed by atoms with Crippen molar-refractivity contribution in [2.75, 3.05) is 19.7 Å². The van der Waals surface area contributed by atoms with Crippen LogP contribution in [0.25, 0.3) is 10.2 Å². The van der Waals surface area contributed by atoms with Crippen LogP contribution in [0.5, 0.6) is 0 Å². The zero-order valence-electron chi connectivity index (χ0n) is 12.9. The molecule has 1 fully saturated rings. The lowest BCUT2D eigenvalue weighted by molar-refractivity contribution is -0.0244. The molecule has 3 rings (SSSR count). The minimum atomic E-state index is -3.61. The monoisotopic (exact) mass is 356 g/mol. The molecule has 1 atom stereocenters. The summed E-state index contributed by atoms with van der Waals surface area (Å²) in [5.74, 6) is 0. The van der Waals surface area contributed by atoms with Gasteiger partial charge >= 0.3 is 0 Å². The Morgan fingerprint density at radius 2 is 2.13 bits per heavy atom. The van der Waals surface area contributed by atoms with Gasteiger partial charge in [0.25, 0.3) is 0 Å². The molecule has 0 bridgehead atoms. The number of sulfonamides is 1. The Balaban J connectivity index is 1.90. The van der Waals surface area contributed by atoms with Crippen molar-refractivity contribution in [3.63, 3.8) is 0 Å². The Morgan fingerprint density at radius 3 is 2.87 bits per heavy atom. The third-order valence-electron chi connectivity index (χ3n) is 4.28. The van der Waals surface area contributed by atoms with E-state index in [0.717, 1.165) is 15.2 Å². The molecule has 1 aliphatic rings. The molecule has 1 aromatic heterocycles. The van der Waals surface area contributed by atoms with E-state index in [1.54, 1.807) is 18.2 Å². The van der Waals surface area contributed by atoms with E-state index in [1.807, 2.05) is 6.92 Å². The van der Waals surface area contributed by atoms with Gasteiger partial charge in [0.05, 0.1) is 32.3 Å². The molecule has 23 heavy (non-hydrogen) atoms. The summed E-state index contributed by atoms with van der Waals surface area (Å²) in [6.07, 6.45) is 1.17. The fourth-order valence-corrected chi connectivity index (χ4v) is 5.33. The maximum absolute atomic E-state index is 12.9. The second kappa shape index (κ2) is 6.10. The lowest BCUT2D eigenvalue weighted by atomic mass is 9.96. The summed E-state index contributed by atoms with van der Waals surface area (Å²) in [6, 6.07) is 4.98. The summed E-state index contributed by atoms with van der Waals surface area (Å²) >= 11 is 1.47. The molecule has 0 saturated carbocycles. The number of thiazole rings is 1. The van der Waals surface area contributed by atoms with Gasteiger partial charge in [-0.3, -0.25) is 0 Å². The fourth-order valence-electron chi connectivity index (χ4n) is 2.88. The number of aliphatic hydroxyl groups excluding tert-OH is 1. The first-order valence-corrected chi connectivity index (χ1v) is 9.80. The molecule has 126 valence electrons. The average molecular weight is 356 g/mol. The standard InChI is InChI=1S/C15H20N2O4S2/c1-11-16-13-4-3-12(9-14(13)22-11)23(20,21)17-7-2-5-15(19,10-18)6-8-17/h3-4,9,18-19H,2,5-8,10H2,1H3. The topological polar surface area (TPSA) is 90.7 Å². The highest BCUT2D eigenvalue weighted by Crippen LogP contribution is 2.29. The van der Waals surface area contributed by atoms with Crippen LogP contribution in [0.4, 0.5) is 0 Å². The van der Waals surface area contributed by atoms with Crippen LogP contribution in [0, 0.1) is 6.92 Å². The smallest absolute Gasteiger partial charge is 0.243 e. The SMILES string of the molecule is Cc1nc2ccc(S(=O)(=O)N3CCCC(O)(CO)CC3)cc2s1. The second-order valence-corrected chi connectivity index (χ2v) is 9.18. The molecule has 2 heterocycles. The number of rotatable bonds is 3. The molecule has 0 radical (unpaired) electrons. The summed E-state index contributed by atoms with van der Waals surface area (Å²) in [5, 5.41) is 20.4. The van der Waals surface area contributed by atoms with Gasteiger partial charge in [-0.1, -0.05) is 0 Å². The third-order valence-corrected chi connectivity index (χ3v) is 7.10. The molecule has 8 heteroatoms. The van der Waals surface area contributed by atoms with Crippen LogP contribution < -0.4 is 0 Å². The predicted molar refractivity (Wildman–Crippen MR) is 89.0 cm³/mol. The lowest BCUT2D eigenvalue weighted by Gasteiger charge is -2.24. The van der Waals surface area contributed by atoms with E-state index in [0.29, 0.717) is 19.4 Å². The van der Waals surface area contributed by atoms with Gasteiger partial charge in [-0.25, -0.2) is 13.4 Å². The maximum atomic E-state index is 12.9. The number of aromatic nitrogens is 1. The van der Waals surface area contributed by atoms with Crippen molar-refractivity contribution in [3.05, 3.63) is 23.2 Å². The minimum Gasteiger partial charge on any atom is -0.393 e. The summed E-state index contributed by atoms with van der Waals surface area (Å²) in [5.41, 5.74) is -0.375. The van der Waals surface area contributed by atoms with E-state index in [1.165, 1.54) is 15.6 Å². The van der Waals surface area contributed by atoms with Crippen molar-refractivity contribution in [3.8, 4) is 0 Å². The highest BCUT2D eigenvalue weighted by Gasteiger charge is 2.34. The number of hydrogen-bond donors (Lipinski definition) is 2. The largest absolute Gasteiger partial charge is 0.393 e. The summed E-state index contributed by atoms with van der Waals surface area (Å²) in [6.45, 7) is 2.11. The van der Waals surface area contributed by atoms with Crippen LogP contribution in [-0.4, -0.2) is 53.2 Å². The first-order valence-electron chi connectivity index (χ1n) is 7.55. The van der Waals surface area contributed by atoms with Crippen LogP contribution in [-0.2, 0) is 10.0 Å². The molecule has 1 aromatic carbocycles. The normalized spacial score (nSPS) is 24.0. The molecule has 0 aliphatic carbocycles. The molecule has 6 nitrogen and oxygen atoms in total. The first kappa shape index (κ1) is 16.8. The Kier molecular flexibility index (Phi) is 4.45. The average Bonchev–Trinajstić information content (AvgIpc) is 2.76. The lowest BCUT2D eigenvalue weighted by Crippen LogP contribution is -2.36. The van der Waals surface area contributed by atoms with Gasteiger partial charge in [-0.2, -0.15) is 4.31 Å². The summed E-state index contributed by atoms with van der Waals surface area (Å²) < 4.78 is 28.0.